The summed E-state index contributed by atoms with van der Waals surface area (Å²) < 4.78 is 1.81. The summed E-state index contributed by atoms with van der Waals surface area (Å²) in [4.78, 5) is 27.2. The number of hydrogen-bond acceptors (Lipinski definition) is 3. The number of carboxylic acid groups (broad SMARTS) is 1. The summed E-state index contributed by atoms with van der Waals surface area (Å²) in [6.45, 7) is 4.49. The molecule has 1 heterocycles. The molecule has 0 unspecified atom stereocenters. The Hall–Kier alpha value is -2.86. The van der Waals surface area contributed by atoms with Crippen LogP contribution in [0.3, 0.4) is 0 Å². The van der Waals surface area contributed by atoms with Crippen LogP contribution in [-0.4, -0.2) is 33.1 Å². The molecule has 0 fully saturated rings. The van der Waals surface area contributed by atoms with E-state index in [1.807, 2.05) is 31.2 Å². The third kappa shape index (κ3) is 4.11. The lowest BCUT2D eigenvalue weighted by Gasteiger charge is -2.10. The third-order valence-corrected chi connectivity index (χ3v) is 4.64. The summed E-state index contributed by atoms with van der Waals surface area (Å²) in [5.41, 5.74) is 3.86. The topological polar surface area (TPSA) is 84.2 Å². The highest BCUT2D eigenvalue weighted by molar-refractivity contribution is 6.33. The van der Waals surface area contributed by atoms with Crippen molar-refractivity contribution < 1.29 is 14.7 Å². The lowest BCUT2D eigenvalue weighted by Crippen LogP contribution is -2.22. The Labute approximate surface area is 161 Å². The van der Waals surface area contributed by atoms with E-state index in [-0.39, 0.29) is 11.5 Å². The number of fused-ring (bicyclic) bond motifs is 1. The van der Waals surface area contributed by atoms with E-state index in [4.69, 9.17) is 11.6 Å². The first-order valence-electron chi connectivity index (χ1n) is 8.60. The average Bonchev–Trinajstić information content (AvgIpc) is 3.00. The molecule has 1 aromatic heterocycles. The van der Waals surface area contributed by atoms with Gasteiger partial charge in [-0.15, -0.1) is 0 Å². The molecule has 7 heteroatoms. The van der Waals surface area contributed by atoms with Gasteiger partial charge in [-0.25, -0.2) is 9.78 Å². The van der Waals surface area contributed by atoms with Crippen molar-refractivity contribution in [1.29, 1.82) is 0 Å². The van der Waals surface area contributed by atoms with E-state index in [0.29, 0.717) is 41.1 Å². The van der Waals surface area contributed by atoms with Crippen LogP contribution in [0.1, 0.15) is 29.3 Å². The zero-order valence-electron chi connectivity index (χ0n) is 15.1. The van der Waals surface area contributed by atoms with E-state index in [1.54, 1.807) is 17.0 Å². The minimum Gasteiger partial charge on any atom is -0.478 e. The van der Waals surface area contributed by atoms with E-state index < -0.39 is 5.97 Å². The molecule has 2 N–H and O–H groups in total. The molecule has 1 amide bonds. The Bertz CT molecular complexity index is 1030. The molecule has 0 spiro atoms. The van der Waals surface area contributed by atoms with Gasteiger partial charge in [-0.1, -0.05) is 23.7 Å². The first-order chi connectivity index (χ1) is 12.9. The lowest BCUT2D eigenvalue weighted by molar-refractivity contribution is -0.118. The predicted octanol–water partition coefficient (Wildman–Crippen LogP) is 3.89. The van der Waals surface area contributed by atoms with E-state index >= 15 is 0 Å². The molecule has 0 atom stereocenters. The van der Waals surface area contributed by atoms with Gasteiger partial charge in [0, 0.05) is 30.6 Å². The second-order valence-electron chi connectivity index (χ2n) is 6.45. The van der Waals surface area contributed by atoms with Gasteiger partial charge in [-0.05, 0) is 42.7 Å². The number of carbonyl (C=O) groups is 2. The molecule has 3 rings (SSSR count). The minimum atomic E-state index is -1.02. The van der Waals surface area contributed by atoms with Gasteiger partial charge in [-0.2, -0.15) is 0 Å². The number of nitrogens with one attached hydrogen (secondary N) is 1. The van der Waals surface area contributed by atoms with Crippen molar-refractivity contribution in [3.63, 3.8) is 0 Å². The molecule has 0 aliphatic carbocycles. The molecule has 6 nitrogen and oxygen atoms in total. The predicted molar refractivity (Wildman–Crippen MR) is 105 cm³/mol. The zero-order chi connectivity index (χ0) is 19.6. The molecule has 0 saturated carbocycles. The first kappa shape index (κ1) is 18.9. The standard InChI is InChI=1S/C20H20ClN3O3/c1-12-4-5-15(17(21)8-12)14-9-16(20(26)27)19-18(10-14)23-11-24(19)7-3-6-22-13(2)25/h4-5,8-11H,3,6-7H2,1-2H3,(H,22,25)(H,26,27). The summed E-state index contributed by atoms with van der Waals surface area (Å²) in [7, 11) is 0. The lowest BCUT2D eigenvalue weighted by atomic mass is 10.0. The molecule has 0 aliphatic heterocycles. The Balaban J connectivity index is 2.01. The quantitative estimate of drug-likeness (QED) is 0.630. The fourth-order valence-corrected chi connectivity index (χ4v) is 3.41. The highest BCUT2D eigenvalue weighted by Gasteiger charge is 2.17. The van der Waals surface area contributed by atoms with Crippen LogP contribution in [0.2, 0.25) is 5.02 Å². The molecular weight excluding hydrogens is 366 g/mol. The maximum absolute atomic E-state index is 11.9. The second kappa shape index (κ2) is 7.80. The summed E-state index contributed by atoms with van der Waals surface area (Å²) >= 11 is 6.35. The van der Waals surface area contributed by atoms with Crippen LogP contribution in [0.5, 0.6) is 0 Å². The number of aryl methyl sites for hydroxylation is 2. The Kier molecular flexibility index (Phi) is 5.46. The van der Waals surface area contributed by atoms with Crippen molar-refractivity contribution in [3.8, 4) is 11.1 Å². The van der Waals surface area contributed by atoms with Gasteiger partial charge in [0.05, 0.1) is 22.9 Å². The van der Waals surface area contributed by atoms with Crippen LogP contribution < -0.4 is 5.32 Å². The minimum absolute atomic E-state index is 0.0867. The van der Waals surface area contributed by atoms with Crippen molar-refractivity contribution in [2.45, 2.75) is 26.8 Å². The maximum Gasteiger partial charge on any atom is 0.337 e. The van der Waals surface area contributed by atoms with Crippen molar-refractivity contribution in [3.05, 3.63) is 52.8 Å². The number of aromatic nitrogens is 2. The van der Waals surface area contributed by atoms with Gasteiger partial charge < -0.3 is 15.0 Å². The van der Waals surface area contributed by atoms with Crippen molar-refractivity contribution in [1.82, 2.24) is 14.9 Å². The SMILES string of the molecule is CC(=O)NCCCn1cnc2cc(-c3ccc(C)cc3Cl)cc(C(=O)O)c21. The monoisotopic (exact) mass is 385 g/mol. The molecule has 3 aromatic rings. The fourth-order valence-electron chi connectivity index (χ4n) is 3.07. The average molecular weight is 386 g/mol. The smallest absolute Gasteiger partial charge is 0.337 e. The number of benzene rings is 2. The number of carbonyl (C=O) groups excluding carboxylic acids is 1. The normalized spacial score (nSPS) is 10.9. The summed E-state index contributed by atoms with van der Waals surface area (Å²) in [6.07, 6.45) is 2.31. The van der Waals surface area contributed by atoms with Crippen molar-refractivity contribution in [2.75, 3.05) is 6.54 Å². The van der Waals surface area contributed by atoms with Crippen molar-refractivity contribution >= 4 is 34.5 Å². The fraction of sp³-hybridized carbons (Fsp3) is 0.250. The maximum atomic E-state index is 11.9. The highest BCUT2D eigenvalue weighted by atomic mass is 35.5. The van der Waals surface area contributed by atoms with Crippen LogP contribution >= 0.6 is 11.6 Å². The van der Waals surface area contributed by atoms with Gasteiger partial charge in [0.25, 0.3) is 0 Å². The van der Waals surface area contributed by atoms with Crippen molar-refractivity contribution in [2.24, 2.45) is 0 Å². The zero-order valence-corrected chi connectivity index (χ0v) is 15.9. The van der Waals surface area contributed by atoms with Crippen LogP contribution in [0, 0.1) is 6.92 Å². The number of carboxylic acids is 1. The van der Waals surface area contributed by atoms with E-state index in [9.17, 15) is 14.7 Å². The van der Waals surface area contributed by atoms with Crippen LogP contribution in [0.4, 0.5) is 0 Å². The molecule has 2 aromatic carbocycles. The largest absolute Gasteiger partial charge is 0.478 e. The summed E-state index contributed by atoms with van der Waals surface area (Å²) in [6, 6.07) is 9.15. The number of imidazole rings is 1. The second-order valence-corrected chi connectivity index (χ2v) is 6.86. The van der Waals surface area contributed by atoms with Gasteiger partial charge in [0.15, 0.2) is 0 Å². The van der Waals surface area contributed by atoms with Crippen LogP contribution in [0.25, 0.3) is 22.2 Å². The molecular formula is C20H20ClN3O3. The Morgan fingerprint density at radius 3 is 2.70 bits per heavy atom. The number of rotatable bonds is 6. The number of amides is 1. The van der Waals surface area contributed by atoms with E-state index in [1.165, 1.54) is 6.92 Å². The molecule has 0 saturated heterocycles. The molecule has 27 heavy (non-hydrogen) atoms. The number of aromatic carboxylic acids is 1. The van der Waals surface area contributed by atoms with E-state index in [0.717, 1.165) is 11.1 Å². The van der Waals surface area contributed by atoms with Crippen LogP contribution in [-0.2, 0) is 11.3 Å². The summed E-state index contributed by atoms with van der Waals surface area (Å²) in [5.74, 6) is -1.11. The Morgan fingerprint density at radius 1 is 1.26 bits per heavy atom. The van der Waals surface area contributed by atoms with Gasteiger partial charge in [0.1, 0.15) is 0 Å². The van der Waals surface area contributed by atoms with Gasteiger partial charge in [0.2, 0.25) is 5.91 Å². The van der Waals surface area contributed by atoms with Crippen LogP contribution in [0.15, 0.2) is 36.7 Å². The third-order valence-electron chi connectivity index (χ3n) is 4.33. The number of hydrogen-bond donors (Lipinski definition) is 2. The molecule has 0 radical (unpaired) electrons. The Morgan fingerprint density at radius 2 is 2.04 bits per heavy atom. The van der Waals surface area contributed by atoms with Gasteiger partial charge in [-0.3, -0.25) is 4.79 Å². The summed E-state index contributed by atoms with van der Waals surface area (Å²) in [5, 5.41) is 13.0. The molecule has 0 bridgehead atoms. The van der Waals surface area contributed by atoms with Gasteiger partial charge >= 0.3 is 5.97 Å². The number of halogens is 1. The first-order valence-corrected chi connectivity index (χ1v) is 8.97. The highest BCUT2D eigenvalue weighted by Crippen LogP contribution is 2.32. The van der Waals surface area contributed by atoms with E-state index in [2.05, 4.69) is 10.3 Å². The molecule has 0 aliphatic rings. The number of nitrogens with zero attached hydrogens (tertiary/aromatic N) is 2. The molecule has 140 valence electrons.